The monoisotopic (exact) mass is 747 g/mol. The number of nitrogens with zero attached hydrogens (tertiary/aromatic N) is 1. The Kier molecular flexibility index (Phi) is 9.36. The van der Waals surface area contributed by atoms with E-state index in [4.69, 9.17) is 3.07 Å². The Morgan fingerprint density at radius 1 is 0.408 bits per heavy atom. The van der Waals surface area contributed by atoms with Gasteiger partial charge in [0, 0.05) is 17.4 Å². The summed E-state index contributed by atoms with van der Waals surface area (Å²) in [7, 11) is 0. The average molecular weight is 748 g/mol. The summed E-state index contributed by atoms with van der Waals surface area (Å²) in [6.07, 6.45) is 0. The SMILES string of the molecule is Cc1ccccc1-c1cccc(-c2ccc(C)c(-c3cc(OI)cc(N(c4ccccc4)c4cccc(-c5ccccc5)c4)c3C)c2)c1C. The van der Waals surface area contributed by atoms with Crippen LogP contribution >= 0.6 is 23.0 Å². The van der Waals surface area contributed by atoms with Crippen LogP contribution in [0.5, 0.6) is 5.75 Å². The number of aryl methyl sites for hydroxylation is 2. The van der Waals surface area contributed by atoms with Gasteiger partial charge in [0.2, 0.25) is 0 Å². The highest BCUT2D eigenvalue weighted by Gasteiger charge is 2.21. The molecule has 7 aromatic carbocycles. The summed E-state index contributed by atoms with van der Waals surface area (Å²) in [6.45, 7) is 8.86. The van der Waals surface area contributed by atoms with Crippen LogP contribution in [-0.2, 0) is 0 Å². The molecule has 7 aromatic rings. The van der Waals surface area contributed by atoms with Gasteiger partial charge in [-0.05, 0) is 131 Å². The summed E-state index contributed by atoms with van der Waals surface area (Å²) in [6, 6.07) is 56.4. The Morgan fingerprint density at radius 2 is 1.02 bits per heavy atom. The smallest absolute Gasteiger partial charge is 0.192 e. The van der Waals surface area contributed by atoms with Gasteiger partial charge in [-0.1, -0.05) is 115 Å². The van der Waals surface area contributed by atoms with Crippen LogP contribution < -0.4 is 7.97 Å². The number of hydrogen-bond acceptors (Lipinski definition) is 2. The topological polar surface area (TPSA) is 12.5 Å². The van der Waals surface area contributed by atoms with Gasteiger partial charge >= 0.3 is 0 Å². The van der Waals surface area contributed by atoms with Crippen molar-refractivity contribution in [2.45, 2.75) is 27.7 Å². The molecule has 0 heterocycles. The number of benzene rings is 7. The predicted molar refractivity (Wildman–Crippen MR) is 216 cm³/mol. The molecule has 2 nitrogen and oxygen atoms in total. The van der Waals surface area contributed by atoms with Crippen molar-refractivity contribution in [2.24, 2.45) is 0 Å². The van der Waals surface area contributed by atoms with Gasteiger partial charge in [0.05, 0.1) is 5.69 Å². The van der Waals surface area contributed by atoms with Crippen LogP contribution in [0, 0.1) is 27.7 Å². The van der Waals surface area contributed by atoms with E-state index < -0.39 is 0 Å². The molecule has 0 aliphatic carbocycles. The largest absolute Gasteiger partial charge is 0.428 e. The second-order valence-corrected chi connectivity index (χ2v) is 13.0. The fourth-order valence-electron chi connectivity index (χ4n) is 6.88. The van der Waals surface area contributed by atoms with E-state index >= 15 is 0 Å². The lowest BCUT2D eigenvalue weighted by Crippen LogP contribution is -2.12. The van der Waals surface area contributed by atoms with Crippen molar-refractivity contribution in [1.29, 1.82) is 0 Å². The molecule has 0 N–H and O–H groups in total. The normalized spacial score (nSPS) is 11.0. The minimum atomic E-state index is 0.805. The van der Waals surface area contributed by atoms with Crippen molar-refractivity contribution in [1.82, 2.24) is 0 Å². The summed E-state index contributed by atoms with van der Waals surface area (Å²) < 4.78 is 5.98. The lowest BCUT2D eigenvalue weighted by molar-refractivity contribution is 0.717. The Hall–Kier alpha value is -5.13. The van der Waals surface area contributed by atoms with Gasteiger partial charge in [0.1, 0.15) is 5.75 Å². The molecule has 0 unspecified atom stereocenters. The fraction of sp³-hybridized carbons (Fsp3) is 0.0870. The summed E-state index contributed by atoms with van der Waals surface area (Å²) in [4.78, 5) is 2.35. The van der Waals surface area contributed by atoms with Crippen LogP contribution in [0.4, 0.5) is 17.1 Å². The van der Waals surface area contributed by atoms with Crippen molar-refractivity contribution in [3.8, 4) is 50.3 Å². The maximum Gasteiger partial charge on any atom is 0.192 e. The lowest BCUT2D eigenvalue weighted by Gasteiger charge is -2.29. The highest BCUT2D eigenvalue weighted by atomic mass is 127. The van der Waals surface area contributed by atoms with Gasteiger partial charge in [-0.2, -0.15) is 0 Å². The molecule has 0 aliphatic rings. The zero-order chi connectivity index (χ0) is 33.9. The van der Waals surface area contributed by atoms with Crippen LogP contribution in [0.15, 0.2) is 158 Å². The molecular weight excluding hydrogens is 709 g/mol. The molecule has 0 saturated carbocycles. The molecule has 0 bridgehead atoms. The Bertz CT molecular complexity index is 2260. The number of anilines is 3. The summed E-state index contributed by atoms with van der Waals surface area (Å²) in [5.74, 6) is 0.805. The fourth-order valence-corrected chi connectivity index (χ4v) is 7.14. The van der Waals surface area contributed by atoms with Gasteiger partial charge in [-0.15, -0.1) is 0 Å². The second-order valence-electron chi connectivity index (χ2n) is 12.6. The zero-order valence-corrected chi connectivity index (χ0v) is 30.4. The van der Waals surface area contributed by atoms with E-state index in [-0.39, 0.29) is 0 Å². The van der Waals surface area contributed by atoms with E-state index in [0.717, 1.165) is 28.4 Å². The van der Waals surface area contributed by atoms with Crippen molar-refractivity contribution in [3.63, 3.8) is 0 Å². The third-order valence-corrected chi connectivity index (χ3v) is 10.0. The highest BCUT2D eigenvalue weighted by molar-refractivity contribution is 14.1. The summed E-state index contributed by atoms with van der Waals surface area (Å²) in [5, 5.41) is 0. The molecule has 7 rings (SSSR count). The van der Waals surface area contributed by atoms with E-state index in [1.807, 2.05) is 23.0 Å². The predicted octanol–water partition coefficient (Wildman–Crippen LogP) is 13.8. The average Bonchev–Trinajstić information content (AvgIpc) is 3.14. The number of halogens is 1. The Labute approximate surface area is 304 Å². The maximum absolute atomic E-state index is 5.98. The lowest BCUT2D eigenvalue weighted by atomic mass is 9.88. The Balaban J connectivity index is 1.39. The third-order valence-electron chi connectivity index (χ3n) is 9.52. The molecule has 0 saturated heterocycles. The standard InChI is InChI=1S/C46H38INO/c1-31-15-11-12-22-41(31)43-24-14-23-42(33(43)3)37-26-25-32(2)44(28-37)45-29-40(49-47)30-46(34(45)4)48(38-19-9-6-10-20-38)39-21-13-18-36(27-39)35-16-7-5-8-17-35/h5-30H,1-4H3. The van der Waals surface area contributed by atoms with Crippen LogP contribution in [0.2, 0.25) is 0 Å². The molecule has 3 heteroatoms. The van der Waals surface area contributed by atoms with Gasteiger partial charge in [0.15, 0.2) is 23.0 Å². The molecule has 0 fully saturated rings. The molecule has 0 aromatic heterocycles. The molecule has 0 atom stereocenters. The van der Waals surface area contributed by atoms with Gasteiger partial charge in [-0.25, -0.2) is 0 Å². The Morgan fingerprint density at radius 3 is 1.78 bits per heavy atom. The van der Waals surface area contributed by atoms with Crippen molar-refractivity contribution in [2.75, 3.05) is 4.90 Å². The summed E-state index contributed by atoms with van der Waals surface area (Å²) in [5.41, 5.74) is 17.9. The van der Waals surface area contributed by atoms with Crippen LogP contribution in [0.3, 0.4) is 0 Å². The number of para-hydroxylation sites is 1. The molecule has 0 spiro atoms. The third kappa shape index (κ3) is 6.51. The molecular formula is C46H38INO. The van der Waals surface area contributed by atoms with Crippen molar-refractivity contribution >= 4 is 40.1 Å². The second kappa shape index (κ2) is 14.2. The first-order chi connectivity index (χ1) is 23.9. The minimum absolute atomic E-state index is 0.805. The van der Waals surface area contributed by atoms with E-state index in [1.54, 1.807) is 0 Å². The van der Waals surface area contributed by atoms with Crippen LogP contribution in [0.1, 0.15) is 22.3 Å². The molecule has 49 heavy (non-hydrogen) atoms. The number of rotatable bonds is 8. The summed E-state index contributed by atoms with van der Waals surface area (Å²) >= 11 is 2.01. The first-order valence-corrected chi connectivity index (χ1v) is 17.5. The zero-order valence-electron chi connectivity index (χ0n) is 28.2. The van der Waals surface area contributed by atoms with E-state index in [1.165, 1.54) is 61.2 Å². The van der Waals surface area contributed by atoms with Crippen LogP contribution in [-0.4, -0.2) is 0 Å². The van der Waals surface area contributed by atoms with E-state index in [9.17, 15) is 0 Å². The maximum atomic E-state index is 5.98. The van der Waals surface area contributed by atoms with Crippen LogP contribution in [0.25, 0.3) is 44.5 Å². The van der Waals surface area contributed by atoms with E-state index in [2.05, 4.69) is 190 Å². The first kappa shape index (κ1) is 32.4. The quantitative estimate of drug-likeness (QED) is 0.144. The van der Waals surface area contributed by atoms with Gasteiger partial charge < -0.3 is 7.97 Å². The molecule has 0 aliphatic heterocycles. The molecule has 0 radical (unpaired) electrons. The van der Waals surface area contributed by atoms with Crippen molar-refractivity contribution in [3.05, 3.63) is 180 Å². The van der Waals surface area contributed by atoms with E-state index in [0.29, 0.717) is 0 Å². The molecule has 0 amide bonds. The minimum Gasteiger partial charge on any atom is -0.428 e. The highest BCUT2D eigenvalue weighted by Crippen LogP contribution is 2.45. The number of hydrogen-bond donors (Lipinski definition) is 0. The molecule has 240 valence electrons. The van der Waals surface area contributed by atoms with Gasteiger partial charge in [0.25, 0.3) is 0 Å². The first-order valence-electron chi connectivity index (χ1n) is 16.6. The van der Waals surface area contributed by atoms with Gasteiger partial charge in [-0.3, -0.25) is 0 Å². The van der Waals surface area contributed by atoms with Crippen molar-refractivity contribution < 1.29 is 3.07 Å².